The summed E-state index contributed by atoms with van der Waals surface area (Å²) in [5.41, 5.74) is 0.376. The van der Waals surface area contributed by atoms with Gasteiger partial charge in [0.2, 0.25) is 0 Å². The van der Waals surface area contributed by atoms with Gasteiger partial charge in [-0.3, -0.25) is 4.79 Å². The fourth-order valence-corrected chi connectivity index (χ4v) is 1.92. The Morgan fingerprint density at radius 1 is 1.67 bits per heavy atom. The molecule has 0 aliphatic carbocycles. The largest absolute Gasteiger partial charge is 0.288 e. The van der Waals surface area contributed by atoms with E-state index in [0.717, 1.165) is 0 Å². The molecule has 0 bridgehead atoms. The highest BCUT2D eigenvalue weighted by atomic mass is 79.9. The predicted octanol–water partition coefficient (Wildman–Crippen LogP) is 4.25. The van der Waals surface area contributed by atoms with Crippen molar-refractivity contribution in [3.8, 4) is 0 Å². The number of rotatable bonds is 5. The number of hydrogen-bond acceptors (Lipinski definition) is 1. The molecule has 0 aromatic rings. The van der Waals surface area contributed by atoms with E-state index >= 15 is 0 Å². The topological polar surface area (TPSA) is 17.1 Å². The summed E-state index contributed by atoms with van der Waals surface area (Å²) in [5.74, 6) is 0.0138. The van der Waals surface area contributed by atoms with Crippen LogP contribution in [0.1, 0.15) is 13.8 Å². The van der Waals surface area contributed by atoms with Crippen LogP contribution in [0.2, 0.25) is 0 Å². The second-order valence-corrected chi connectivity index (χ2v) is 6.01. The highest BCUT2D eigenvalue weighted by Crippen LogP contribution is 2.30. The van der Waals surface area contributed by atoms with E-state index in [2.05, 4.69) is 22.5 Å². The van der Waals surface area contributed by atoms with Crippen LogP contribution in [0.3, 0.4) is 0 Å². The highest BCUT2D eigenvalue weighted by molar-refractivity contribution is 9.09. The Kier molecular flexibility index (Phi) is 6.50. The molecule has 0 radical (unpaired) electrons. The predicted molar refractivity (Wildman–Crippen MR) is 71.5 cm³/mol. The molecule has 0 amide bonds. The summed E-state index contributed by atoms with van der Waals surface area (Å²) in [7, 11) is 0. The van der Waals surface area contributed by atoms with Crippen molar-refractivity contribution in [1.29, 1.82) is 0 Å². The number of hydrogen-bond donors (Lipinski definition) is 0. The number of carbonyl (C=O) groups is 1. The van der Waals surface area contributed by atoms with E-state index in [1.807, 2.05) is 0 Å². The molecule has 0 aromatic carbocycles. The molecule has 2 atom stereocenters. The first-order valence-electron chi connectivity index (χ1n) is 4.20. The smallest absolute Gasteiger partial charge is 0.199 e. The minimum atomic E-state index is -0.802. The summed E-state index contributed by atoms with van der Waals surface area (Å²) < 4.78 is 0. The molecule has 0 saturated heterocycles. The van der Waals surface area contributed by atoms with Gasteiger partial charge in [-0.15, -0.1) is 23.2 Å². The zero-order valence-electron chi connectivity index (χ0n) is 8.49. The first-order chi connectivity index (χ1) is 6.72. The van der Waals surface area contributed by atoms with Crippen LogP contribution in [0, 0.1) is 0 Å². The molecule has 0 N–H and O–H groups in total. The van der Waals surface area contributed by atoms with Gasteiger partial charge in [0.05, 0.1) is 14.7 Å². The highest BCUT2D eigenvalue weighted by Gasteiger charge is 2.28. The monoisotopic (exact) mass is 332 g/mol. The van der Waals surface area contributed by atoms with Crippen LogP contribution in [0.5, 0.6) is 0 Å². The Labute approximate surface area is 114 Å². The number of Topliss-reactive ketones (excluding diaryl/α,β-unsaturated/α-hetero) is 1. The molecule has 0 saturated carbocycles. The molecule has 86 valence electrons. The van der Waals surface area contributed by atoms with Crippen molar-refractivity contribution in [2.45, 2.75) is 23.5 Å². The fraction of sp³-hybridized carbons (Fsp3) is 0.500. The van der Waals surface area contributed by atoms with Gasteiger partial charge in [-0.2, -0.15) is 0 Å². The molecule has 0 aliphatic rings. The second-order valence-electron chi connectivity index (χ2n) is 3.37. The zero-order chi connectivity index (χ0) is 12.2. The van der Waals surface area contributed by atoms with E-state index in [4.69, 9.17) is 34.8 Å². The summed E-state index contributed by atoms with van der Waals surface area (Å²) in [6.45, 7) is 6.84. The Morgan fingerprint density at radius 2 is 2.13 bits per heavy atom. The number of alkyl halides is 3. The van der Waals surface area contributed by atoms with E-state index < -0.39 is 4.87 Å². The zero-order valence-corrected chi connectivity index (χ0v) is 12.3. The average molecular weight is 334 g/mol. The van der Waals surface area contributed by atoms with Crippen LogP contribution >= 0.6 is 50.7 Å². The number of ketones is 1. The lowest BCUT2D eigenvalue weighted by Crippen LogP contribution is -2.28. The van der Waals surface area contributed by atoms with E-state index in [9.17, 15) is 4.79 Å². The van der Waals surface area contributed by atoms with Crippen molar-refractivity contribution in [3.05, 3.63) is 23.3 Å². The van der Waals surface area contributed by atoms with Crippen molar-refractivity contribution in [1.82, 2.24) is 0 Å². The Balaban J connectivity index is 4.88. The van der Waals surface area contributed by atoms with Crippen molar-refractivity contribution < 1.29 is 4.79 Å². The molecule has 0 fully saturated rings. The van der Waals surface area contributed by atoms with Crippen molar-refractivity contribution >= 4 is 56.5 Å². The quantitative estimate of drug-likeness (QED) is 0.542. The van der Waals surface area contributed by atoms with E-state index in [1.54, 1.807) is 13.8 Å². The van der Waals surface area contributed by atoms with Crippen LogP contribution in [0.15, 0.2) is 23.3 Å². The van der Waals surface area contributed by atoms with Crippen LogP contribution < -0.4 is 0 Å². The molecule has 0 spiro atoms. The normalized spacial score (nSPS) is 18.1. The number of halogens is 4. The third-order valence-electron chi connectivity index (χ3n) is 1.76. The lowest BCUT2D eigenvalue weighted by Gasteiger charge is -2.22. The van der Waals surface area contributed by atoms with Crippen molar-refractivity contribution in [3.63, 3.8) is 0 Å². The minimum absolute atomic E-state index is 0.0644. The molecular weight excluding hydrogens is 322 g/mol. The summed E-state index contributed by atoms with van der Waals surface area (Å²) in [4.78, 5) is 10.5. The summed E-state index contributed by atoms with van der Waals surface area (Å²) in [6.07, 6.45) is 1.48. The molecule has 0 aromatic heterocycles. The summed E-state index contributed by atoms with van der Waals surface area (Å²) in [5, 5.41) is 0.0644. The van der Waals surface area contributed by atoms with Gasteiger partial charge in [0.1, 0.15) is 0 Å². The van der Waals surface area contributed by atoms with Gasteiger partial charge >= 0.3 is 0 Å². The first-order valence-corrected chi connectivity index (χ1v) is 6.40. The van der Waals surface area contributed by atoms with Gasteiger partial charge in [-0.1, -0.05) is 34.1 Å². The lowest BCUT2D eigenvalue weighted by atomic mass is 10.1. The lowest BCUT2D eigenvalue weighted by molar-refractivity contribution is -0.111. The van der Waals surface area contributed by atoms with E-state index in [-0.39, 0.29) is 15.6 Å². The number of carbonyl (C=O) groups excluding carboxylic acids is 1. The van der Waals surface area contributed by atoms with Gasteiger partial charge in [-0.05, 0) is 25.5 Å². The van der Waals surface area contributed by atoms with E-state index in [0.29, 0.717) is 11.5 Å². The maximum absolute atomic E-state index is 11.4. The van der Waals surface area contributed by atoms with Crippen LogP contribution in [0.25, 0.3) is 0 Å². The molecule has 0 unspecified atom stereocenters. The van der Waals surface area contributed by atoms with Gasteiger partial charge < -0.3 is 0 Å². The van der Waals surface area contributed by atoms with Gasteiger partial charge in [0.25, 0.3) is 0 Å². The maximum atomic E-state index is 11.4. The molecule has 1 nitrogen and oxygen atoms in total. The van der Waals surface area contributed by atoms with Crippen LogP contribution in [-0.4, -0.2) is 21.4 Å². The molecular formula is C10H12BrCl3O. The Hall–Kier alpha value is 0.500. The first kappa shape index (κ1) is 15.5. The molecule has 0 aliphatic heterocycles. The second kappa shape index (κ2) is 6.29. The number of allylic oxidation sites excluding steroid dienone is 3. The third-order valence-corrected chi connectivity index (χ3v) is 4.63. The molecule has 5 heteroatoms. The maximum Gasteiger partial charge on any atom is 0.199 e. The SMILES string of the molecule is C=C(C)C(=O)C(Cl)=C[C@](C)(Cl)[C@H](Br)CCl. The molecule has 15 heavy (non-hydrogen) atoms. The Morgan fingerprint density at radius 3 is 2.47 bits per heavy atom. The van der Waals surface area contributed by atoms with Gasteiger partial charge in [0.15, 0.2) is 5.78 Å². The third kappa shape index (κ3) is 4.90. The standard InChI is InChI=1S/C10H12BrCl3O/c1-6(2)9(15)7(13)4-10(3,14)8(11)5-12/h4,8H,1,5H2,2-3H3/t8-,10+/m1/s1. The summed E-state index contributed by atoms with van der Waals surface area (Å²) in [6, 6.07) is 0. The Bertz CT molecular complexity index is 297. The van der Waals surface area contributed by atoms with Crippen molar-refractivity contribution in [2.75, 3.05) is 5.88 Å². The van der Waals surface area contributed by atoms with Crippen molar-refractivity contribution in [2.24, 2.45) is 0 Å². The fourth-order valence-electron chi connectivity index (χ4n) is 0.758. The molecule has 0 rings (SSSR count). The van der Waals surface area contributed by atoms with Gasteiger partial charge in [-0.25, -0.2) is 0 Å². The minimum Gasteiger partial charge on any atom is -0.288 e. The van der Waals surface area contributed by atoms with E-state index in [1.165, 1.54) is 6.08 Å². The average Bonchev–Trinajstić information content (AvgIpc) is 2.14. The molecule has 0 heterocycles. The van der Waals surface area contributed by atoms with Gasteiger partial charge in [0, 0.05) is 5.88 Å². The summed E-state index contributed by atoms with van der Waals surface area (Å²) >= 11 is 20.9. The van der Waals surface area contributed by atoms with Crippen LogP contribution in [-0.2, 0) is 4.79 Å². The van der Waals surface area contributed by atoms with Crippen LogP contribution in [0.4, 0.5) is 0 Å².